The first-order chi connectivity index (χ1) is 27.6. The third-order valence-electron chi connectivity index (χ3n) is 11.6. The van der Waals surface area contributed by atoms with E-state index in [9.17, 15) is 24.9 Å². The Morgan fingerprint density at radius 2 is 1.19 bits per heavy atom. The van der Waals surface area contributed by atoms with E-state index in [1.165, 1.54) is 16.7 Å². The molecule has 0 fully saturated rings. The first-order valence-electron chi connectivity index (χ1n) is 20.6. The van der Waals surface area contributed by atoms with Gasteiger partial charge in [-0.05, 0) is 131 Å². The molecule has 5 heterocycles. The first-order valence-corrected chi connectivity index (χ1v) is 20.6. The molecule has 1 atom stereocenters. The summed E-state index contributed by atoms with van der Waals surface area (Å²) in [6.07, 6.45) is 18.5. The number of aromatic nitrogens is 4. The van der Waals surface area contributed by atoms with Gasteiger partial charge in [-0.3, -0.25) is 9.59 Å². The quantitative estimate of drug-likeness (QED) is 0.0629. The van der Waals surface area contributed by atoms with Crippen molar-refractivity contribution in [2.24, 2.45) is 0 Å². The van der Waals surface area contributed by atoms with Crippen molar-refractivity contribution in [1.29, 1.82) is 0 Å². The van der Waals surface area contributed by atoms with Crippen LogP contribution in [0, 0.1) is 27.7 Å². The van der Waals surface area contributed by atoms with Gasteiger partial charge in [0.1, 0.15) is 0 Å². The van der Waals surface area contributed by atoms with Crippen molar-refractivity contribution < 1.29 is 42.0 Å². The third kappa shape index (κ3) is 11.7. The molecule has 4 aromatic heterocycles. The Morgan fingerprint density at radius 3 is 1.80 bits per heavy atom. The Hall–Kier alpha value is -4.76. The van der Waals surface area contributed by atoms with Gasteiger partial charge >= 0.3 is 29.0 Å². The predicted octanol–water partition coefficient (Wildman–Crippen LogP) is 7.81. The normalized spacial score (nSPS) is 14.5. The molecule has 0 unspecified atom stereocenters. The van der Waals surface area contributed by atoms with Gasteiger partial charge in [0.2, 0.25) is 0 Å². The second-order valence-corrected chi connectivity index (χ2v) is 16.2. The molecule has 0 saturated carbocycles. The molecule has 3 N–H and O–H groups in total. The van der Waals surface area contributed by atoms with Gasteiger partial charge < -0.3 is 35.3 Å². The van der Waals surface area contributed by atoms with Crippen molar-refractivity contribution in [3.05, 3.63) is 131 Å². The van der Waals surface area contributed by atoms with Crippen LogP contribution in [0.4, 0.5) is 0 Å². The molecule has 10 heteroatoms. The number of fused-ring (bicyclic) bond motifs is 8. The Morgan fingerprint density at radius 1 is 0.661 bits per heavy atom. The molecular formula is C49H60FeN4O5. The Bertz CT molecular complexity index is 2390. The molecule has 5 rings (SSSR count). The average Bonchev–Trinajstić information content (AvgIpc) is 3.82. The van der Waals surface area contributed by atoms with Crippen LogP contribution in [0.25, 0.3) is 18.2 Å². The largest absolute Gasteiger partial charge is 4.00 e. The molecule has 1 aliphatic heterocycles. The van der Waals surface area contributed by atoms with E-state index in [0.29, 0.717) is 48.5 Å². The van der Waals surface area contributed by atoms with E-state index >= 15 is 0 Å². The molecule has 0 amide bonds. The molecule has 1 aliphatic rings. The van der Waals surface area contributed by atoms with Crippen LogP contribution in [-0.2, 0) is 52.3 Å². The van der Waals surface area contributed by atoms with Crippen LogP contribution in [0.3, 0.4) is 0 Å². The van der Waals surface area contributed by atoms with Crippen LogP contribution in [0.15, 0.2) is 41.5 Å². The number of aliphatic hydroxyl groups is 1. The summed E-state index contributed by atoms with van der Waals surface area (Å²) in [5, 5.41) is 32.4. The fourth-order valence-electron chi connectivity index (χ4n) is 8.12. The van der Waals surface area contributed by atoms with Crippen LogP contribution < -0.4 is 30.6 Å². The standard InChI is InChI=1S/C49H60N4O5.Fe/c1-10-35-31(6)40-26-45-49(46(54)19-13-18-30(5)17-12-16-29(4)15-11-14-28(2)3)34(9)41(53-45)24-38-32(7)36(20-22-47(55)56)43(51-38)27-44-37(21-23-48(57)58)33(8)39(52-44)25-42(35)50-40;/h10,14,16,18,24,26,46,54H,1,11-13,15,17,19-23,25,27H2,2-9H3,(H,55,56)(H,57,58);/q-4;+4/b29-16+,30-18+,41-24-,45-26-;/t46-;/m0./s1. The summed E-state index contributed by atoms with van der Waals surface area (Å²) in [6.45, 7) is 20.7. The SMILES string of the molecule is C=Cc1c2[n-]c(c1C)/C=c1\[n-]/c(c(C)c1[C@@H](O)CC/C=C(\C)CC/C=C(\C)CCC=C(C)C)=C\c1[n-]c(c(CCC(=O)O)c1C)Cc1[n-]c(c(C)c1CCC(=O)O)C2.[Fe+4]. The van der Waals surface area contributed by atoms with Crippen molar-refractivity contribution in [3.8, 4) is 0 Å². The number of carboxylic acids is 2. The fraction of sp³-hybridized carbons (Fsp3) is 0.429. The van der Waals surface area contributed by atoms with Gasteiger partial charge in [-0.2, -0.15) is 17.1 Å². The van der Waals surface area contributed by atoms with Crippen LogP contribution in [0.5, 0.6) is 0 Å². The molecule has 59 heavy (non-hydrogen) atoms. The fourth-order valence-corrected chi connectivity index (χ4v) is 8.12. The molecule has 0 spiro atoms. The number of aliphatic carboxylic acids is 2. The zero-order chi connectivity index (χ0) is 42.3. The molecule has 9 nitrogen and oxygen atoms in total. The topological polar surface area (TPSA) is 151 Å². The summed E-state index contributed by atoms with van der Waals surface area (Å²) in [5.41, 5.74) is 15.6. The van der Waals surface area contributed by atoms with E-state index in [-0.39, 0.29) is 29.9 Å². The number of aliphatic hydroxyl groups excluding tert-OH is 1. The Labute approximate surface area is 360 Å². The number of hydrogen-bond acceptors (Lipinski definition) is 3. The molecule has 314 valence electrons. The van der Waals surface area contributed by atoms with Crippen molar-refractivity contribution >= 4 is 30.2 Å². The van der Waals surface area contributed by atoms with Crippen LogP contribution in [-0.4, -0.2) is 27.3 Å². The summed E-state index contributed by atoms with van der Waals surface area (Å²) in [5.74, 6) is -1.78. The van der Waals surface area contributed by atoms with E-state index < -0.39 is 18.0 Å². The van der Waals surface area contributed by atoms with E-state index in [0.717, 1.165) is 105 Å². The number of carbonyl (C=O) groups is 2. The second-order valence-electron chi connectivity index (χ2n) is 16.2. The number of allylic oxidation sites excluding steroid dienone is 6. The molecule has 0 aromatic carbocycles. The van der Waals surface area contributed by atoms with Gasteiger partial charge in [-0.1, -0.05) is 93.1 Å². The number of carboxylic acid groups (broad SMARTS) is 2. The molecule has 4 aromatic rings. The summed E-state index contributed by atoms with van der Waals surface area (Å²) in [7, 11) is 0. The second kappa shape index (κ2) is 21.0. The monoisotopic (exact) mass is 840 g/mol. The molecule has 0 saturated heterocycles. The average molecular weight is 841 g/mol. The zero-order valence-corrected chi connectivity index (χ0v) is 37.1. The number of rotatable bonds is 17. The van der Waals surface area contributed by atoms with E-state index in [1.807, 2.05) is 45.9 Å². The Kier molecular flexibility index (Phi) is 16.7. The zero-order valence-electron chi connectivity index (χ0n) is 36.0. The molecule has 0 aliphatic carbocycles. The number of nitrogens with zero attached hydrogens (tertiary/aromatic N) is 4. The minimum atomic E-state index is -0.896. The van der Waals surface area contributed by atoms with Crippen LogP contribution in [0.2, 0.25) is 0 Å². The maximum atomic E-state index is 11.9. The Balaban J connectivity index is 0.00000769. The first kappa shape index (κ1) is 46.9. The van der Waals surface area contributed by atoms with Crippen LogP contribution in [0.1, 0.15) is 164 Å². The summed E-state index contributed by atoms with van der Waals surface area (Å²) >= 11 is 0. The van der Waals surface area contributed by atoms with E-state index in [1.54, 1.807) is 0 Å². The minimum absolute atomic E-state index is 0. The molecule has 0 radical (unpaired) electrons. The van der Waals surface area contributed by atoms with Gasteiger partial charge in [0.25, 0.3) is 0 Å². The van der Waals surface area contributed by atoms with Crippen LogP contribution >= 0.6 is 0 Å². The van der Waals surface area contributed by atoms with Gasteiger partial charge in [-0.15, -0.1) is 27.8 Å². The van der Waals surface area contributed by atoms with Gasteiger partial charge in [0.15, 0.2) is 0 Å². The molecule has 8 bridgehead atoms. The summed E-state index contributed by atoms with van der Waals surface area (Å²) < 4.78 is 0. The summed E-state index contributed by atoms with van der Waals surface area (Å²) in [6, 6.07) is 0. The van der Waals surface area contributed by atoms with Gasteiger partial charge in [0.05, 0.1) is 6.10 Å². The van der Waals surface area contributed by atoms with Gasteiger partial charge in [0, 0.05) is 12.8 Å². The van der Waals surface area contributed by atoms with Crippen molar-refractivity contribution in [3.63, 3.8) is 0 Å². The van der Waals surface area contributed by atoms with E-state index in [2.05, 4.69) is 52.5 Å². The van der Waals surface area contributed by atoms with Crippen molar-refractivity contribution in [2.75, 3.05) is 0 Å². The number of hydrogen-bond donors (Lipinski definition) is 3. The minimum Gasteiger partial charge on any atom is -0.664 e. The molecular weight excluding hydrogens is 780 g/mol. The van der Waals surface area contributed by atoms with Crippen molar-refractivity contribution in [1.82, 2.24) is 19.9 Å². The van der Waals surface area contributed by atoms with Crippen molar-refractivity contribution in [2.45, 2.75) is 139 Å². The maximum absolute atomic E-state index is 11.9. The van der Waals surface area contributed by atoms with Gasteiger partial charge in [-0.25, -0.2) is 0 Å². The predicted molar refractivity (Wildman–Crippen MR) is 232 cm³/mol. The third-order valence-corrected chi connectivity index (χ3v) is 11.6. The van der Waals surface area contributed by atoms with E-state index in [4.69, 9.17) is 19.9 Å². The smallest absolute Gasteiger partial charge is 0.664 e. The maximum Gasteiger partial charge on any atom is 4.00 e. The summed E-state index contributed by atoms with van der Waals surface area (Å²) in [4.78, 5) is 43.9.